The third kappa shape index (κ3) is 6.91. The van der Waals surface area contributed by atoms with Crippen molar-refractivity contribution in [3.8, 4) is 0 Å². The molecule has 0 bridgehead atoms. The van der Waals surface area contributed by atoms with Crippen LogP contribution in [0.3, 0.4) is 0 Å². The summed E-state index contributed by atoms with van der Waals surface area (Å²) in [6.07, 6.45) is -0.990. The fourth-order valence-electron chi connectivity index (χ4n) is 1.28. The van der Waals surface area contributed by atoms with Crippen molar-refractivity contribution in [1.82, 2.24) is 15.5 Å². The summed E-state index contributed by atoms with van der Waals surface area (Å²) in [6, 6.07) is 7.15. The van der Waals surface area contributed by atoms with E-state index in [4.69, 9.17) is 47.0 Å². The Morgan fingerprint density at radius 3 is 2.23 bits per heavy atom. The van der Waals surface area contributed by atoms with Crippen molar-refractivity contribution in [2.24, 2.45) is 0 Å². The molecule has 0 heterocycles. The van der Waals surface area contributed by atoms with Crippen LogP contribution in [0.5, 0.6) is 0 Å². The van der Waals surface area contributed by atoms with Crippen molar-refractivity contribution >= 4 is 86.4 Å². The largest absolute Gasteiger partial charge is 0.339 e. The van der Waals surface area contributed by atoms with Gasteiger partial charge < -0.3 is 20.9 Å². The lowest BCUT2D eigenvalue weighted by atomic mass is 10.3. The third-order valence-electron chi connectivity index (χ3n) is 2.38. The van der Waals surface area contributed by atoms with Crippen molar-refractivity contribution in [2.75, 3.05) is 19.4 Å². The molecule has 0 saturated carbocycles. The molecule has 1 rings (SSSR count). The number of hydrogen-bond donors (Lipinski definition) is 3. The average molecular weight is 496 g/mol. The van der Waals surface area contributed by atoms with Crippen LogP contribution in [-0.4, -0.2) is 40.1 Å². The highest BCUT2D eigenvalue weighted by molar-refractivity contribution is 14.1. The van der Waals surface area contributed by atoms with Gasteiger partial charge in [0.05, 0.1) is 0 Å². The molecule has 122 valence electrons. The molecule has 0 spiro atoms. The van der Waals surface area contributed by atoms with Gasteiger partial charge >= 0.3 is 6.03 Å². The highest BCUT2D eigenvalue weighted by Gasteiger charge is 2.35. The molecule has 0 saturated heterocycles. The minimum Gasteiger partial charge on any atom is -0.339 e. The molecular weight excluding hydrogens is 481 g/mol. The summed E-state index contributed by atoms with van der Waals surface area (Å²) in [5.41, 5.74) is 0.778. The van der Waals surface area contributed by atoms with E-state index in [1.165, 1.54) is 4.90 Å². The summed E-state index contributed by atoms with van der Waals surface area (Å²) in [6.45, 7) is 0. The number of nitrogens with zero attached hydrogens (tertiary/aromatic N) is 1. The molecule has 0 radical (unpaired) electrons. The molecule has 1 unspecified atom stereocenters. The number of rotatable bonds is 3. The van der Waals surface area contributed by atoms with Gasteiger partial charge in [-0.2, -0.15) is 0 Å². The first-order valence-electron chi connectivity index (χ1n) is 5.97. The molecular formula is C12H14Cl3IN4OS. The zero-order chi connectivity index (χ0) is 16.9. The number of benzene rings is 1. The Bertz CT molecular complexity index is 536. The summed E-state index contributed by atoms with van der Waals surface area (Å²) in [4.78, 5) is 13.0. The Kier molecular flexibility index (Phi) is 7.73. The highest BCUT2D eigenvalue weighted by Crippen LogP contribution is 2.29. The number of hydrogen-bond acceptors (Lipinski definition) is 2. The van der Waals surface area contributed by atoms with Crippen molar-refractivity contribution in [3.05, 3.63) is 27.8 Å². The van der Waals surface area contributed by atoms with Crippen LogP contribution >= 0.6 is 69.6 Å². The van der Waals surface area contributed by atoms with Crippen LogP contribution in [-0.2, 0) is 0 Å². The molecule has 2 amide bonds. The topological polar surface area (TPSA) is 56.4 Å². The maximum Gasteiger partial charge on any atom is 0.318 e. The maximum absolute atomic E-state index is 11.7. The highest BCUT2D eigenvalue weighted by atomic mass is 127. The van der Waals surface area contributed by atoms with Crippen LogP contribution in [0, 0.1) is 3.57 Å². The quantitative estimate of drug-likeness (QED) is 0.260. The van der Waals surface area contributed by atoms with Crippen LogP contribution < -0.4 is 16.0 Å². The summed E-state index contributed by atoms with van der Waals surface area (Å²) < 4.78 is -0.678. The molecule has 0 aliphatic heterocycles. The second-order valence-electron chi connectivity index (χ2n) is 4.42. The molecule has 5 nitrogen and oxygen atoms in total. The number of carbonyl (C=O) groups excluding carboxylic acids is 1. The lowest BCUT2D eigenvalue weighted by Crippen LogP contribution is -2.57. The van der Waals surface area contributed by atoms with E-state index in [-0.39, 0.29) is 5.11 Å². The van der Waals surface area contributed by atoms with Gasteiger partial charge in [0, 0.05) is 23.4 Å². The summed E-state index contributed by atoms with van der Waals surface area (Å²) in [5, 5.41) is 8.47. The van der Waals surface area contributed by atoms with Gasteiger partial charge in [0.15, 0.2) is 11.3 Å². The Labute approximate surface area is 163 Å². The van der Waals surface area contributed by atoms with E-state index in [9.17, 15) is 4.79 Å². The van der Waals surface area contributed by atoms with E-state index in [0.717, 1.165) is 9.26 Å². The van der Waals surface area contributed by atoms with Gasteiger partial charge in [-0.3, -0.25) is 0 Å². The van der Waals surface area contributed by atoms with Gasteiger partial charge in [-0.15, -0.1) is 0 Å². The van der Waals surface area contributed by atoms with E-state index in [1.807, 2.05) is 24.3 Å². The van der Waals surface area contributed by atoms with Gasteiger partial charge in [-0.1, -0.05) is 34.8 Å². The molecule has 0 aromatic heterocycles. The predicted octanol–water partition coefficient (Wildman–Crippen LogP) is 3.55. The fraction of sp³-hybridized carbons (Fsp3) is 0.333. The third-order valence-corrected chi connectivity index (χ3v) is 3.97. The van der Waals surface area contributed by atoms with E-state index >= 15 is 0 Å². The molecule has 22 heavy (non-hydrogen) atoms. The summed E-state index contributed by atoms with van der Waals surface area (Å²) in [5.74, 6) is 0. The molecule has 1 atom stereocenters. The first kappa shape index (κ1) is 19.8. The van der Waals surface area contributed by atoms with Gasteiger partial charge in [0.1, 0.15) is 0 Å². The second kappa shape index (κ2) is 8.58. The minimum atomic E-state index is -1.77. The second-order valence-corrected chi connectivity index (χ2v) is 8.45. The maximum atomic E-state index is 11.7. The lowest BCUT2D eigenvalue weighted by Gasteiger charge is -2.28. The Morgan fingerprint density at radius 2 is 1.77 bits per heavy atom. The molecule has 1 aromatic rings. The first-order valence-corrected chi connectivity index (χ1v) is 8.59. The van der Waals surface area contributed by atoms with Gasteiger partial charge in [-0.25, -0.2) is 4.79 Å². The molecule has 3 N–H and O–H groups in total. The minimum absolute atomic E-state index is 0.219. The summed E-state index contributed by atoms with van der Waals surface area (Å²) in [7, 11) is 3.15. The van der Waals surface area contributed by atoms with E-state index in [2.05, 4.69) is 38.5 Å². The van der Waals surface area contributed by atoms with Crippen LogP contribution in [0.25, 0.3) is 0 Å². The van der Waals surface area contributed by atoms with Gasteiger partial charge in [-0.05, 0) is 59.1 Å². The predicted molar refractivity (Wildman–Crippen MR) is 105 cm³/mol. The number of nitrogens with one attached hydrogen (secondary N) is 3. The van der Waals surface area contributed by atoms with Crippen molar-refractivity contribution < 1.29 is 4.79 Å². The van der Waals surface area contributed by atoms with Crippen molar-refractivity contribution in [2.45, 2.75) is 9.96 Å². The zero-order valence-corrected chi connectivity index (χ0v) is 16.9. The smallest absolute Gasteiger partial charge is 0.318 e. The molecule has 1 aromatic carbocycles. The van der Waals surface area contributed by atoms with Crippen LogP contribution in [0.15, 0.2) is 24.3 Å². The Balaban J connectivity index is 2.70. The number of urea groups is 1. The Hall–Kier alpha value is -0.220. The van der Waals surface area contributed by atoms with Crippen LogP contribution in [0.4, 0.5) is 10.5 Å². The standard InChI is InChI=1S/C12H14Cl3IN4OS/c1-20(2)11(21)19-9(12(13,14)15)18-10(22)17-8-5-3-7(16)4-6-8/h3-6,9H,1-2H3,(H,19,21)(H2,17,18,22). The van der Waals surface area contributed by atoms with E-state index in [0.29, 0.717) is 0 Å². The zero-order valence-electron chi connectivity index (χ0n) is 11.7. The lowest BCUT2D eigenvalue weighted by molar-refractivity contribution is 0.212. The monoisotopic (exact) mass is 494 g/mol. The fourth-order valence-corrected chi connectivity index (χ4v) is 2.21. The van der Waals surface area contributed by atoms with Crippen molar-refractivity contribution in [3.63, 3.8) is 0 Å². The Morgan fingerprint density at radius 1 is 1.23 bits per heavy atom. The van der Waals surface area contributed by atoms with Gasteiger partial charge in [0.25, 0.3) is 0 Å². The molecule has 10 heteroatoms. The number of amides is 2. The number of anilines is 1. The van der Waals surface area contributed by atoms with Crippen LogP contribution in [0.2, 0.25) is 0 Å². The number of carbonyl (C=O) groups is 1. The first-order chi connectivity index (χ1) is 10.1. The van der Waals surface area contributed by atoms with E-state index in [1.54, 1.807) is 14.1 Å². The summed E-state index contributed by atoms with van der Waals surface area (Å²) >= 11 is 25.0. The number of halogens is 4. The normalized spacial score (nSPS) is 12.3. The molecule has 0 fully saturated rings. The average Bonchev–Trinajstić information content (AvgIpc) is 2.39. The number of thiocarbonyl (C=S) groups is 1. The van der Waals surface area contributed by atoms with E-state index < -0.39 is 16.0 Å². The van der Waals surface area contributed by atoms with Crippen molar-refractivity contribution in [1.29, 1.82) is 0 Å². The molecule has 0 aliphatic carbocycles. The molecule has 0 aliphatic rings. The number of alkyl halides is 3. The van der Waals surface area contributed by atoms with Crippen LogP contribution in [0.1, 0.15) is 0 Å². The SMILES string of the molecule is CN(C)C(=O)NC(NC(=S)Nc1ccc(I)cc1)C(Cl)(Cl)Cl. The van der Waals surface area contributed by atoms with Gasteiger partial charge in [0.2, 0.25) is 3.79 Å².